The maximum absolute atomic E-state index is 15.3. The number of ether oxygens (including phenoxy) is 1. The number of aromatic nitrogens is 1. The maximum Gasteiger partial charge on any atom is 0.511 e. The van der Waals surface area contributed by atoms with Crippen LogP contribution < -0.4 is 15.1 Å². The highest BCUT2D eigenvalue weighted by molar-refractivity contribution is 7.99. The molecule has 10 heteroatoms. The van der Waals surface area contributed by atoms with Crippen molar-refractivity contribution < 1.29 is 27.8 Å². The molecule has 1 saturated heterocycles. The zero-order valence-electron chi connectivity index (χ0n) is 14.0. The van der Waals surface area contributed by atoms with Gasteiger partial charge < -0.3 is 19.3 Å². The van der Waals surface area contributed by atoms with Crippen LogP contribution >= 0.6 is 11.8 Å². The summed E-state index contributed by atoms with van der Waals surface area (Å²) in [5, 5.41) is 7.95. The van der Waals surface area contributed by atoms with E-state index in [1.54, 1.807) is 11.8 Å². The molecule has 0 radical (unpaired) electrons. The van der Waals surface area contributed by atoms with Crippen LogP contribution in [0.25, 0.3) is 10.9 Å². The van der Waals surface area contributed by atoms with E-state index in [1.807, 2.05) is 0 Å². The molecule has 2 aromatic rings. The predicted octanol–water partition coefficient (Wildman–Crippen LogP) is 3.36. The number of rotatable bonds is 3. The Hall–Kier alpha value is -2.36. The number of anilines is 1. The van der Waals surface area contributed by atoms with E-state index in [9.17, 15) is 18.4 Å². The Morgan fingerprint density at radius 3 is 2.41 bits per heavy atom. The van der Waals surface area contributed by atoms with Crippen LogP contribution in [-0.2, 0) is 0 Å². The van der Waals surface area contributed by atoms with Gasteiger partial charge in [-0.15, -0.1) is 0 Å². The minimum absolute atomic E-state index is 0.228. The summed E-state index contributed by atoms with van der Waals surface area (Å²) >= 11 is 1.63. The fraction of sp³-hybridized carbons (Fsp3) is 0.412. The standard InChI is InChI=1S/C17H15F3N2O4S/c18-11-10-14(13(20)15(12(11)19)21-3-5-27-6-4-21)22(8-1-2-8)7-9(16(10)23)26-17(24)25/h7-8H,1-6H2,(H,24,25). The molecule has 0 spiro atoms. The molecule has 1 saturated carbocycles. The Kier molecular flexibility index (Phi) is 4.45. The van der Waals surface area contributed by atoms with E-state index in [0.29, 0.717) is 37.4 Å². The van der Waals surface area contributed by atoms with Gasteiger partial charge in [0.05, 0.1) is 17.1 Å². The first-order chi connectivity index (χ1) is 12.9. The summed E-state index contributed by atoms with van der Waals surface area (Å²) in [5.74, 6) is -3.32. The average molecular weight is 400 g/mol. The molecule has 0 bridgehead atoms. The van der Waals surface area contributed by atoms with Crippen molar-refractivity contribution in [3.8, 4) is 5.75 Å². The second-order valence-electron chi connectivity index (χ2n) is 6.44. The largest absolute Gasteiger partial charge is 0.511 e. The molecule has 1 N–H and O–H groups in total. The van der Waals surface area contributed by atoms with Crippen LogP contribution in [0.2, 0.25) is 0 Å². The van der Waals surface area contributed by atoms with Crippen molar-refractivity contribution in [3.05, 3.63) is 33.9 Å². The van der Waals surface area contributed by atoms with E-state index in [2.05, 4.69) is 4.74 Å². The minimum Gasteiger partial charge on any atom is -0.449 e. The quantitative estimate of drug-likeness (QED) is 0.629. The third-order valence-electron chi connectivity index (χ3n) is 4.70. The van der Waals surface area contributed by atoms with Crippen LogP contribution in [0.3, 0.4) is 0 Å². The van der Waals surface area contributed by atoms with Crippen molar-refractivity contribution in [1.29, 1.82) is 0 Å². The minimum atomic E-state index is -1.77. The van der Waals surface area contributed by atoms with E-state index in [-0.39, 0.29) is 11.6 Å². The smallest absolute Gasteiger partial charge is 0.449 e. The zero-order chi connectivity index (χ0) is 19.3. The Labute approximate surface area is 155 Å². The predicted molar refractivity (Wildman–Crippen MR) is 94.5 cm³/mol. The van der Waals surface area contributed by atoms with Gasteiger partial charge >= 0.3 is 6.16 Å². The van der Waals surface area contributed by atoms with E-state index < -0.39 is 45.9 Å². The first kappa shape index (κ1) is 18.0. The molecule has 1 aromatic carbocycles. The summed E-state index contributed by atoms with van der Waals surface area (Å²) in [6.45, 7) is 0.717. The van der Waals surface area contributed by atoms with Crippen LogP contribution in [-0.4, -0.2) is 40.4 Å². The number of carbonyl (C=O) groups is 1. The van der Waals surface area contributed by atoms with Gasteiger partial charge in [0.15, 0.2) is 23.2 Å². The highest BCUT2D eigenvalue weighted by Gasteiger charge is 2.33. The number of carboxylic acid groups (broad SMARTS) is 1. The van der Waals surface area contributed by atoms with Crippen molar-refractivity contribution in [1.82, 2.24) is 4.57 Å². The Bertz CT molecular complexity index is 1000. The topological polar surface area (TPSA) is 71.8 Å². The van der Waals surface area contributed by atoms with Gasteiger partial charge in [-0.25, -0.2) is 18.0 Å². The van der Waals surface area contributed by atoms with Gasteiger partial charge in [0.1, 0.15) is 5.69 Å². The van der Waals surface area contributed by atoms with E-state index in [4.69, 9.17) is 5.11 Å². The average Bonchev–Trinajstić information content (AvgIpc) is 3.47. The third-order valence-corrected chi connectivity index (χ3v) is 5.65. The number of fused-ring (bicyclic) bond motifs is 1. The molecule has 6 nitrogen and oxygen atoms in total. The van der Waals surface area contributed by atoms with Gasteiger partial charge in [0.2, 0.25) is 5.43 Å². The molecule has 144 valence electrons. The van der Waals surface area contributed by atoms with Crippen molar-refractivity contribution in [3.63, 3.8) is 0 Å². The van der Waals surface area contributed by atoms with Crippen molar-refractivity contribution in [2.75, 3.05) is 29.5 Å². The molecular weight excluding hydrogens is 385 g/mol. The van der Waals surface area contributed by atoms with Crippen LogP contribution in [0, 0.1) is 17.5 Å². The number of hydrogen-bond donors (Lipinski definition) is 1. The van der Waals surface area contributed by atoms with Gasteiger partial charge in [-0.1, -0.05) is 0 Å². The van der Waals surface area contributed by atoms with Gasteiger partial charge in [-0.05, 0) is 12.8 Å². The van der Waals surface area contributed by atoms with Crippen LogP contribution in [0.4, 0.5) is 23.7 Å². The fourth-order valence-electron chi connectivity index (χ4n) is 3.33. The Balaban J connectivity index is 2.04. The van der Waals surface area contributed by atoms with Crippen LogP contribution in [0.1, 0.15) is 18.9 Å². The maximum atomic E-state index is 15.3. The van der Waals surface area contributed by atoms with Gasteiger partial charge in [0, 0.05) is 30.6 Å². The van der Waals surface area contributed by atoms with Gasteiger partial charge in [-0.3, -0.25) is 4.79 Å². The summed E-state index contributed by atoms with van der Waals surface area (Å²) in [6.07, 6.45) is 0.599. The highest BCUT2D eigenvalue weighted by atomic mass is 32.2. The molecule has 2 fully saturated rings. The molecule has 1 aromatic heterocycles. The van der Waals surface area contributed by atoms with Crippen LogP contribution in [0.15, 0.2) is 11.0 Å². The van der Waals surface area contributed by atoms with Gasteiger partial charge in [-0.2, -0.15) is 11.8 Å². The summed E-state index contributed by atoms with van der Waals surface area (Å²) in [6, 6.07) is -0.228. The van der Waals surface area contributed by atoms with E-state index in [0.717, 1.165) is 6.20 Å². The number of pyridine rings is 1. The molecule has 1 aliphatic heterocycles. The number of nitrogens with zero attached hydrogens (tertiary/aromatic N) is 2. The lowest BCUT2D eigenvalue weighted by molar-refractivity contribution is 0.143. The summed E-state index contributed by atoms with van der Waals surface area (Å²) in [7, 11) is 0. The Morgan fingerprint density at radius 1 is 1.15 bits per heavy atom. The third kappa shape index (κ3) is 3.01. The van der Waals surface area contributed by atoms with Crippen molar-refractivity contribution in [2.45, 2.75) is 18.9 Å². The normalized spacial score (nSPS) is 17.4. The summed E-state index contributed by atoms with van der Waals surface area (Å²) < 4.78 is 50.6. The Morgan fingerprint density at radius 2 is 1.81 bits per heavy atom. The molecule has 2 heterocycles. The van der Waals surface area contributed by atoms with Crippen LogP contribution in [0.5, 0.6) is 5.75 Å². The molecule has 4 rings (SSSR count). The lowest BCUT2D eigenvalue weighted by Gasteiger charge is -2.30. The fourth-order valence-corrected chi connectivity index (χ4v) is 4.23. The van der Waals surface area contributed by atoms with Crippen molar-refractivity contribution >= 4 is 34.5 Å². The van der Waals surface area contributed by atoms with Gasteiger partial charge in [0.25, 0.3) is 0 Å². The lowest BCUT2D eigenvalue weighted by atomic mass is 10.1. The highest BCUT2D eigenvalue weighted by Crippen LogP contribution is 2.41. The number of benzene rings is 1. The molecule has 0 amide bonds. The summed E-state index contributed by atoms with van der Waals surface area (Å²) in [5.41, 5.74) is -2.03. The first-order valence-electron chi connectivity index (χ1n) is 8.39. The summed E-state index contributed by atoms with van der Waals surface area (Å²) in [4.78, 5) is 24.7. The molecule has 1 aliphatic carbocycles. The number of thioether (sulfide) groups is 1. The number of hydrogen-bond acceptors (Lipinski definition) is 5. The first-order valence-corrected chi connectivity index (χ1v) is 9.54. The molecule has 2 aliphatic rings. The SMILES string of the molecule is O=C(O)Oc1cn(C2CC2)c2c(F)c(N3CCSCC3)c(F)c(F)c2c1=O. The molecule has 0 atom stereocenters. The molecule has 27 heavy (non-hydrogen) atoms. The van der Waals surface area contributed by atoms with E-state index in [1.165, 1.54) is 9.47 Å². The van der Waals surface area contributed by atoms with Crippen molar-refractivity contribution in [2.24, 2.45) is 0 Å². The molecule has 0 unspecified atom stereocenters. The lowest BCUT2D eigenvalue weighted by Crippen LogP contribution is -2.34. The zero-order valence-corrected chi connectivity index (χ0v) is 14.8. The second-order valence-corrected chi connectivity index (χ2v) is 7.67. The molecular formula is C17H15F3N2O4S. The monoisotopic (exact) mass is 400 g/mol. The van der Waals surface area contributed by atoms with E-state index >= 15 is 4.39 Å². The number of halogens is 3. The second kappa shape index (κ2) is 6.66.